The minimum atomic E-state index is -4.95. The van der Waals surface area contributed by atoms with Gasteiger partial charge in [-0.15, -0.1) is 0 Å². The second-order valence-corrected chi connectivity index (χ2v) is 11.3. The lowest BCUT2D eigenvalue weighted by Crippen LogP contribution is -2.09. The van der Waals surface area contributed by atoms with Crippen LogP contribution in [-0.2, 0) is 25.2 Å². The van der Waals surface area contributed by atoms with Crippen LogP contribution in [0.5, 0.6) is 5.75 Å². The summed E-state index contributed by atoms with van der Waals surface area (Å²) >= 11 is 0. The average Bonchev–Trinajstić information content (AvgIpc) is 3.00. The fraction of sp³-hybridized carbons (Fsp3) is 0.500. The smallest absolute Gasteiger partial charge is 0.342 e. The molecule has 12 heteroatoms. The molecule has 30 heavy (non-hydrogen) atoms. The van der Waals surface area contributed by atoms with Crippen LogP contribution in [0.2, 0.25) is 0 Å². The minimum absolute atomic E-state index is 0.0979. The van der Waals surface area contributed by atoms with E-state index in [1.165, 1.54) is 7.11 Å². The molecule has 0 aliphatic carbocycles. The molecule has 2 rings (SSSR count). The molecule has 1 heterocycles. The first-order valence-corrected chi connectivity index (χ1v) is 12.5. The summed E-state index contributed by atoms with van der Waals surface area (Å²) in [5.74, 6) is -0.832. The van der Waals surface area contributed by atoms with E-state index in [1.807, 2.05) is 0 Å². The zero-order chi connectivity index (χ0) is 22.9. The number of allylic oxidation sites excluding steroid dienone is 1. The third-order valence-corrected chi connectivity index (χ3v) is 8.89. The number of hydrogen-bond donors (Lipinski definition) is 5. The Morgan fingerprint density at radius 1 is 1.27 bits per heavy atom. The molecular weight excluding hydrogens is 438 g/mol. The molecule has 0 aromatic heterocycles. The fourth-order valence-electron chi connectivity index (χ4n) is 3.43. The third-order valence-electron chi connectivity index (χ3n) is 5.02. The molecule has 1 aromatic rings. The van der Waals surface area contributed by atoms with E-state index in [4.69, 9.17) is 9.47 Å². The van der Waals surface area contributed by atoms with Crippen LogP contribution >= 0.6 is 15.2 Å². The zero-order valence-corrected chi connectivity index (χ0v) is 18.6. The quantitative estimate of drug-likeness (QED) is 0.208. The highest BCUT2D eigenvalue weighted by molar-refractivity contribution is 7.70. The number of carbonyl (C=O) groups excluding carboxylic acids is 1. The zero-order valence-electron chi connectivity index (χ0n) is 16.8. The van der Waals surface area contributed by atoms with Crippen LogP contribution in [0.3, 0.4) is 0 Å². The van der Waals surface area contributed by atoms with Gasteiger partial charge >= 0.3 is 21.2 Å². The first-order valence-electron chi connectivity index (χ1n) is 9.10. The molecule has 0 amide bonds. The summed E-state index contributed by atoms with van der Waals surface area (Å²) in [6.07, 6.45) is 1.03. The van der Waals surface area contributed by atoms with Crippen LogP contribution in [0.1, 0.15) is 59.3 Å². The number of hydrogen-bond acceptors (Lipinski definition) is 6. The number of esters is 1. The van der Waals surface area contributed by atoms with E-state index in [0.717, 1.165) is 11.1 Å². The van der Waals surface area contributed by atoms with Gasteiger partial charge in [-0.05, 0) is 44.7 Å². The lowest BCUT2D eigenvalue weighted by Gasteiger charge is -2.20. The van der Waals surface area contributed by atoms with E-state index in [2.05, 4.69) is 0 Å². The van der Waals surface area contributed by atoms with Gasteiger partial charge in [-0.1, -0.05) is 11.6 Å². The Balaban J connectivity index is 2.18. The summed E-state index contributed by atoms with van der Waals surface area (Å²) in [6.45, 7) is 3.61. The second-order valence-electron chi connectivity index (χ2n) is 7.28. The number of phenols is 1. The van der Waals surface area contributed by atoms with Crippen LogP contribution < -0.4 is 0 Å². The van der Waals surface area contributed by atoms with Crippen molar-refractivity contribution in [3.8, 4) is 5.75 Å². The van der Waals surface area contributed by atoms with Gasteiger partial charge in [0, 0.05) is 18.2 Å². The van der Waals surface area contributed by atoms with Crippen molar-refractivity contribution in [1.29, 1.82) is 0 Å². The van der Waals surface area contributed by atoms with Crippen molar-refractivity contribution >= 4 is 21.2 Å². The van der Waals surface area contributed by atoms with Gasteiger partial charge in [-0.25, -0.2) is 4.79 Å². The van der Waals surface area contributed by atoms with E-state index < -0.39 is 32.7 Å². The molecule has 10 nitrogen and oxygen atoms in total. The Morgan fingerprint density at radius 2 is 1.87 bits per heavy atom. The number of aromatic hydroxyl groups is 1. The van der Waals surface area contributed by atoms with Gasteiger partial charge in [0.1, 0.15) is 24.0 Å². The number of phenolic OH excluding ortho intramolecular Hbond substituents is 1. The maximum absolute atomic E-state index is 11.9. The van der Waals surface area contributed by atoms with Gasteiger partial charge < -0.3 is 34.2 Å². The molecule has 1 aliphatic heterocycles. The predicted molar refractivity (Wildman–Crippen MR) is 107 cm³/mol. The van der Waals surface area contributed by atoms with Crippen LogP contribution in [0.15, 0.2) is 17.7 Å². The Morgan fingerprint density at radius 3 is 2.40 bits per heavy atom. The number of rotatable bonds is 9. The van der Waals surface area contributed by atoms with Crippen LogP contribution in [0.25, 0.3) is 0 Å². The first-order chi connectivity index (χ1) is 13.8. The number of ether oxygens (including phenoxy) is 2. The minimum Gasteiger partial charge on any atom is -0.507 e. The molecule has 1 aromatic carbocycles. The fourth-order valence-corrected chi connectivity index (χ4v) is 6.03. The Bertz CT molecular complexity index is 921. The molecule has 1 aliphatic rings. The lowest BCUT2D eigenvalue weighted by molar-refractivity contribution is 0.0532. The third kappa shape index (κ3) is 5.59. The molecule has 0 bridgehead atoms. The van der Waals surface area contributed by atoms with Gasteiger partial charge in [0.15, 0.2) is 5.40 Å². The molecule has 0 spiro atoms. The monoisotopic (exact) mass is 464 g/mol. The summed E-state index contributed by atoms with van der Waals surface area (Å²) in [7, 11) is -8.47. The molecule has 0 radical (unpaired) electrons. The molecule has 0 unspecified atom stereocenters. The lowest BCUT2D eigenvalue weighted by atomic mass is 9.94. The van der Waals surface area contributed by atoms with Crippen molar-refractivity contribution in [2.45, 2.75) is 51.2 Å². The van der Waals surface area contributed by atoms with Crippen LogP contribution in [0, 0.1) is 6.92 Å². The highest BCUT2D eigenvalue weighted by atomic mass is 31.2. The topological polar surface area (TPSA) is 171 Å². The molecule has 0 saturated carbocycles. The van der Waals surface area contributed by atoms with Gasteiger partial charge in [0.05, 0.1) is 0 Å². The van der Waals surface area contributed by atoms with Crippen molar-refractivity contribution < 1.29 is 48.1 Å². The maximum atomic E-state index is 11.9. The van der Waals surface area contributed by atoms with Crippen LogP contribution in [0.4, 0.5) is 0 Å². The molecular formula is C18H26O10P2. The first kappa shape index (κ1) is 24.8. The Hall–Kier alpha value is -1.51. The maximum Gasteiger partial charge on any atom is 0.342 e. The van der Waals surface area contributed by atoms with Crippen LogP contribution in [-0.4, -0.2) is 43.2 Å². The standard InChI is InChI=1S/C18H26O10P2/c1-10(5-4-6-15(29(21,22)23)30(24,25)26)7-14(27-3)12-8-11(2)13-9-28-18(20)16(13)17(12)19/h7-8,14-15,19H,4-6,9H2,1-3H3,(H2,21,22,23)(H2,24,25,26)/t14-/m0/s1. The van der Waals surface area contributed by atoms with Crippen molar-refractivity contribution in [2.75, 3.05) is 7.11 Å². The highest BCUT2D eigenvalue weighted by Crippen LogP contribution is 2.61. The SMILES string of the molecule is CO[C@@H](C=C(C)CCCC(P(=O)(O)O)P(=O)(O)O)c1cc(C)c2c(c1O)C(=O)OC2. The number of fused-ring (bicyclic) bond motifs is 1. The van der Waals surface area contributed by atoms with Gasteiger partial charge in [-0.2, -0.15) is 0 Å². The van der Waals surface area contributed by atoms with Gasteiger partial charge in [0.25, 0.3) is 0 Å². The average molecular weight is 464 g/mol. The number of carbonyl (C=O) groups is 1. The predicted octanol–water partition coefficient (Wildman–Crippen LogP) is 2.86. The van der Waals surface area contributed by atoms with Crippen molar-refractivity contribution in [3.63, 3.8) is 0 Å². The summed E-state index contributed by atoms with van der Waals surface area (Å²) in [6, 6.07) is 1.70. The summed E-state index contributed by atoms with van der Waals surface area (Å²) < 4.78 is 33.1. The van der Waals surface area contributed by atoms with Crippen molar-refractivity contribution in [1.82, 2.24) is 0 Å². The van der Waals surface area contributed by atoms with E-state index in [1.54, 1.807) is 26.0 Å². The second kappa shape index (κ2) is 9.32. The number of benzene rings is 1. The summed E-state index contributed by atoms with van der Waals surface area (Å²) in [5, 5.41) is 8.53. The molecule has 168 valence electrons. The molecule has 0 fully saturated rings. The largest absolute Gasteiger partial charge is 0.507 e. The Labute approximate surface area is 173 Å². The molecule has 5 N–H and O–H groups in total. The Kier molecular flexibility index (Phi) is 7.69. The number of methoxy groups -OCH3 is 1. The van der Waals surface area contributed by atoms with Crippen molar-refractivity contribution in [2.24, 2.45) is 0 Å². The van der Waals surface area contributed by atoms with E-state index >= 15 is 0 Å². The number of cyclic esters (lactones) is 1. The normalized spacial score (nSPS) is 16.0. The van der Waals surface area contributed by atoms with Gasteiger partial charge in [0.2, 0.25) is 0 Å². The molecule has 1 atom stereocenters. The van der Waals surface area contributed by atoms with E-state index in [0.29, 0.717) is 17.5 Å². The van der Waals surface area contributed by atoms with Crippen molar-refractivity contribution in [3.05, 3.63) is 40.0 Å². The summed E-state index contributed by atoms with van der Waals surface area (Å²) in [5.41, 5.74) is 2.59. The summed E-state index contributed by atoms with van der Waals surface area (Å²) in [4.78, 5) is 48.7. The molecule has 0 saturated heterocycles. The number of aryl methyl sites for hydroxylation is 1. The van der Waals surface area contributed by atoms with E-state index in [-0.39, 0.29) is 30.8 Å². The van der Waals surface area contributed by atoms with Gasteiger partial charge in [-0.3, -0.25) is 9.13 Å². The highest BCUT2D eigenvalue weighted by Gasteiger charge is 2.42. The van der Waals surface area contributed by atoms with E-state index in [9.17, 15) is 38.6 Å².